The molecule has 1 N–H and O–H groups in total. The molecule has 1 fully saturated rings. The molecular formula is C21H28N2O3S. The first kappa shape index (κ1) is 19.7. The molecule has 1 aliphatic heterocycles. The Morgan fingerprint density at radius 2 is 2.04 bits per heavy atom. The van der Waals surface area contributed by atoms with Gasteiger partial charge in [0.2, 0.25) is 0 Å². The lowest BCUT2D eigenvalue weighted by Crippen LogP contribution is -2.41. The van der Waals surface area contributed by atoms with Crippen LogP contribution in [0.4, 0.5) is 0 Å². The summed E-state index contributed by atoms with van der Waals surface area (Å²) in [6, 6.07) is 9.71. The lowest BCUT2D eigenvalue weighted by Gasteiger charge is -2.36. The number of hydrogen-bond donors (Lipinski definition) is 1. The first-order chi connectivity index (χ1) is 13.1. The number of piperidine rings is 1. The summed E-state index contributed by atoms with van der Waals surface area (Å²) in [6.45, 7) is 5.05. The molecule has 1 aliphatic rings. The van der Waals surface area contributed by atoms with Crippen molar-refractivity contribution in [3.63, 3.8) is 0 Å². The minimum atomic E-state index is -0.124. The number of rotatable bonds is 7. The van der Waals surface area contributed by atoms with Gasteiger partial charge in [-0.3, -0.25) is 9.69 Å². The molecule has 1 unspecified atom stereocenters. The molecule has 1 saturated heterocycles. The molecule has 0 bridgehead atoms. The second-order valence-corrected chi connectivity index (χ2v) is 8.01. The quantitative estimate of drug-likeness (QED) is 0.780. The fourth-order valence-electron chi connectivity index (χ4n) is 3.50. The number of amides is 1. The van der Waals surface area contributed by atoms with Crippen molar-refractivity contribution in [1.29, 1.82) is 0 Å². The Bertz CT molecular complexity index is 740. The molecule has 27 heavy (non-hydrogen) atoms. The highest BCUT2D eigenvalue weighted by atomic mass is 32.1. The van der Waals surface area contributed by atoms with Crippen LogP contribution in [0.15, 0.2) is 35.7 Å². The fourth-order valence-corrected chi connectivity index (χ4v) is 4.36. The molecule has 6 heteroatoms. The number of thiophene rings is 1. The van der Waals surface area contributed by atoms with Gasteiger partial charge in [0.25, 0.3) is 5.91 Å². The van der Waals surface area contributed by atoms with Crippen molar-refractivity contribution in [3.8, 4) is 11.5 Å². The van der Waals surface area contributed by atoms with Crippen LogP contribution < -0.4 is 14.8 Å². The maximum atomic E-state index is 12.8. The van der Waals surface area contributed by atoms with E-state index in [0.29, 0.717) is 23.6 Å². The van der Waals surface area contributed by atoms with Crippen LogP contribution in [0.25, 0.3) is 0 Å². The molecule has 2 heterocycles. The van der Waals surface area contributed by atoms with E-state index in [2.05, 4.69) is 34.7 Å². The lowest BCUT2D eigenvalue weighted by atomic mass is 9.97. The first-order valence-electron chi connectivity index (χ1n) is 9.40. The standard InChI is InChI=1S/C21H28N2O3S/c1-15-8-10-23(11-9-15)18(20-5-4-12-27-20)14-22-21(24)17-7-6-16(25-2)13-19(17)26-3/h4-7,12-13,15,18H,8-11,14H2,1-3H3,(H,22,24). The van der Waals surface area contributed by atoms with Crippen molar-refractivity contribution in [3.05, 3.63) is 46.2 Å². The molecule has 146 valence electrons. The monoisotopic (exact) mass is 388 g/mol. The van der Waals surface area contributed by atoms with E-state index in [1.54, 1.807) is 43.8 Å². The van der Waals surface area contributed by atoms with Crippen LogP contribution in [0.1, 0.15) is 41.0 Å². The second kappa shape index (κ2) is 9.24. The molecule has 3 rings (SSSR count). The normalized spacial score (nSPS) is 16.7. The van der Waals surface area contributed by atoms with Crippen LogP contribution in [0.5, 0.6) is 11.5 Å². The van der Waals surface area contributed by atoms with Gasteiger partial charge in [-0.25, -0.2) is 0 Å². The molecule has 1 atom stereocenters. The largest absolute Gasteiger partial charge is 0.497 e. The van der Waals surface area contributed by atoms with Gasteiger partial charge in [-0.05, 0) is 55.4 Å². The minimum Gasteiger partial charge on any atom is -0.497 e. The van der Waals surface area contributed by atoms with Crippen LogP contribution in [-0.4, -0.2) is 44.7 Å². The molecule has 0 radical (unpaired) electrons. The van der Waals surface area contributed by atoms with E-state index in [-0.39, 0.29) is 11.9 Å². The van der Waals surface area contributed by atoms with Crippen LogP contribution in [0.2, 0.25) is 0 Å². The maximum Gasteiger partial charge on any atom is 0.255 e. The number of ether oxygens (including phenoxy) is 2. The molecule has 5 nitrogen and oxygen atoms in total. The van der Waals surface area contributed by atoms with Gasteiger partial charge in [-0.15, -0.1) is 11.3 Å². The number of carbonyl (C=O) groups is 1. The van der Waals surface area contributed by atoms with E-state index in [4.69, 9.17) is 9.47 Å². The fraction of sp³-hybridized carbons (Fsp3) is 0.476. The van der Waals surface area contributed by atoms with Crippen molar-refractivity contribution < 1.29 is 14.3 Å². The SMILES string of the molecule is COc1ccc(C(=O)NCC(c2cccs2)N2CCC(C)CC2)c(OC)c1. The number of likely N-dealkylation sites (tertiary alicyclic amines) is 1. The maximum absolute atomic E-state index is 12.8. The predicted octanol–water partition coefficient (Wildman–Crippen LogP) is 3.97. The molecule has 1 amide bonds. The Kier molecular flexibility index (Phi) is 6.74. The Hall–Kier alpha value is -2.05. The topological polar surface area (TPSA) is 50.8 Å². The third-order valence-corrected chi connectivity index (χ3v) is 6.21. The zero-order valence-electron chi connectivity index (χ0n) is 16.2. The van der Waals surface area contributed by atoms with Crippen LogP contribution in [0, 0.1) is 5.92 Å². The second-order valence-electron chi connectivity index (χ2n) is 7.03. The summed E-state index contributed by atoms with van der Waals surface area (Å²) in [5.74, 6) is 1.85. The molecule has 0 spiro atoms. The number of methoxy groups -OCH3 is 2. The Morgan fingerprint density at radius 3 is 2.67 bits per heavy atom. The highest BCUT2D eigenvalue weighted by molar-refractivity contribution is 7.10. The molecule has 1 aromatic carbocycles. The van der Waals surface area contributed by atoms with Crippen molar-refractivity contribution in [2.75, 3.05) is 33.9 Å². The summed E-state index contributed by atoms with van der Waals surface area (Å²) >= 11 is 1.75. The van der Waals surface area contributed by atoms with Gasteiger partial charge in [-0.1, -0.05) is 13.0 Å². The Balaban J connectivity index is 1.71. The van der Waals surface area contributed by atoms with Crippen molar-refractivity contribution in [1.82, 2.24) is 10.2 Å². The Morgan fingerprint density at radius 1 is 1.26 bits per heavy atom. The van der Waals surface area contributed by atoms with Crippen LogP contribution >= 0.6 is 11.3 Å². The minimum absolute atomic E-state index is 0.124. The van der Waals surface area contributed by atoms with E-state index in [9.17, 15) is 4.79 Å². The third-order valence-electron chi connectivity index (χ3n) is 5.24. The first-order valence-corrected chi connectivity index (χ1v) is 10.3. The number of nitrogens with one attached hydrogen (secondary N) is 1. The molecule has 1 aromatic heterocycles. The predicted molar refractivity (Wildman–Crippen MR) is 109 cm³/mol. The summed E-state index contributed by atoms with van der Waals surface area (Å²) in [4.78, 5) is 16.6. The Labute approximate surface area is 165 Å². The summed E-state index contributed by atoms with van der Waals surface area (Å²) in [7, 11) is 3.16. The van der Waals surface area contributed by atoms with Crippen LogP contribution in [0.3, 0.4) is 0 Å². The van der Waals surface area contributed by atoms with E-state index < -0.39 is 0 Å². The summed E-state index contributed by atoms with van der Waals surface area (Å²) < 4.78 is 10.6. The molecule has 0 saturated carbocycles. The number of hydrogen-bond acceptors (Lipinski definition) is 5. The highest BCUT2D eigenvalue weighted by Crippen LogP contribution is 2.29. The third kappa shape index (κ3) is 4.82. The zero-order valence-corrected chi connectivity index (χ0v) is 17.1. The summed E-state index contributed by atoms with van der Waals surface area (Å²) in [6.07, 6.45) is 2.42. The van der Waals surface area contributed by atoms with Crippen molar-refractivity contribution >= 4 is 17.2 Å². The number of carbonyl (C=O) groups excluding carboxylic acids is 1. The lowest BCUT2D eigenvalue weighted by molar-refractivity contribution is 0.0912. The summed E-state index contributed by atoms with van der Waals surface area (Å²) in [5.41, 5.74) is 0.524. The average Bonchev–Trinajstić information content (AvgIpc) is 3.23. The molecule has 2 aromatic rings. The highest BCUT2D eigenvalue weighted by Gasteiger charge is 2.26. The van der Waals surface area contributed by atoms with E-state index in [0.717, 1.165) is 19.0 Å². The summed E-state index contributed by atoms with van der Waals surface area (Å²) in [5, 5.41) is 5.21. The zero-order chi connectivity index (χ0) is 19.2. The van der Waals surface area contributed by atoms with E-state index in [1.807, 2.05) is 0 Å². The average molecular weight is 389 g/mol. The van der Waals surface area contributed by atoms with Gasteiger partial charge >= 0.3 is 0 Å². The van der Waals surface area contributed by atoms with Gasteiger partial charge < -0.3 is 14.8 Å². The molecular weight excluding hydrogens is 360 g/mol. The van der Waals surface area contributed by atoms with Gasteiger partial charge in [0.1, 0.15) is 11.5 Å². The number of nitrogens with zero attached hydrogens (tertiary/aromatic N) is 1. The van der Waals surface area contributed by atoms with Gasteiger partial charge in [0.15, 0.2) is 0 Å². The molecule has 0 aliphatic carbocycles. The van der Waals surface area contributed by atoms with E-state index in [1.165, 1.54) is 17.7 Å². The smallest absolute Gasteiger partial charge is 0.255 e. The van der Waals surface area contributed by atoms with Gasteiger partial charge in [-0.2, -0.15) is 0 Å². The van der Waals surface area contributed by atoms with Gasteiger partial charge in [0, 0.05) is 17.5 Å². The van der Waals surface area contributed by atoms with Gasteiger partial charge in [0.05, 0.1) is 25.8 Å². The van der Waals surface area contributed by atoms with Crippen molar-refractivity contribution in [2.24, 2.45) is 5.92 Å². The number of benzene rings is 1. The van der Waals surface area contributed by atoms with Crippen molar-refractivity contribution in [2.45, 2.75) is 25.8 Å². The van der Waals surface area contributed by atoms with Crippen LogP contribution in [-0.2, 0) is 0 Å². The van der Waals surface area contributed by atoms with E-state index >= 15 is 0 Å².